The molecular weight excluding hydrogens is 397 g/mol. The van der Waals surface area contributed by atoms with E-state index in [2.05, 4.69) is 25.6 Å². The van der Waals surface area contributed by atoms with Crippen LogP contribution in [0.25, 0.3) is 20.4 Å². The van der Waals surface area contributed by atoms with Gasteiger partial charge in [0.15, 0.2) is 10.3 Å². The highest BCUT2D eigenvalue weighted by atomic mass is 35.5. The summed E-state index contributed by atoms with van der Waals surface area (Å²) >= 11 is 15.1. The predicted molar refractivity (Wildman–Crippen MR) is 110 cm³/mol. The average Bonchev–Trinajstić information content (AvgIpc) is 3.16. The molecule has 0 radical (unpaired) electrons. The molecule has 0 atom stereocenters. The van der Waals surface area contributed by atoms with Crippen molar-refractivity contribution in [2.75, 3.05) is 17.7 Å². The van der Waals surface area contributed by atoms with Gasteiger partial charge in [-0.1, -0.05) is 45.9 Å². The molecule has 0 aliphatic carbocycles. The zero-order valence-electron chi connectivity index (χ0n) is 12.9. The lowest BCUT2D eigenvalue weighted by Gasteiger charge is -2.06. The number of aliphatic imine (C=N–C) groups is 1. The fourth-order valence-electron chi connectivity index (χ4n) is 2.25. The number of nitrogens with zero attached hydrogens (tertiary/aromatic N) is 3. The number of rotatable bonds is 2. The van der Waals surface area contributed by atoms with Crippen molar-refractivity contribution in [3.05, 3.63) is 46.4 Å². The third kappa shape index (κ3) is 3.55. The maximum Gasteiger partial charge on any atom is 0.203 e. The molecule has 2 N–H and O–H groups in total. The first kappa shape index (κ1) is 16.5. The van der Waals surface area contributed by atoms with Gasteiger partial charge in [0.2, 0.25) is 5.96 Å². The number of thiazole rings is 2. The van der Waals surface area contributed by atoms with Crippen LogP contribution in [0.5, 0.6) is 0 Å². The number of hydrogen-bond acceptors (Lipinski definition) is 5. The summed E-state index contributed by atoms with van der Waals surface area (Å²) in [4.78, 5) is 13.3. The van der Waals surface area contributed by atoms with Crippen LogP contribution >= 0.6 is 45.9 Å². The Balaban J connectivity index is 1.56. The molecule has 4 rings (SSSR count). The van der Waals surface area contributed by atoms with Crippen LogP contribution in [0, 0.1) is 0 Å². The SMILES string of the molecule is CN=C(Nc1nc2cc(Cl)ccc2s1)Nc1nc2cc(Cl)ccc2s1. The molecule has 2 heterocycles. The predicted octanol–water partition coefficient (Wildman–Crippen LogP) is 5.72. The van der Waals surface area contributed by atoms with Crippen molar-refractivity contribution >= 4 is 82.5 Å². The van der Waals surface area contributed by atoms with Gasteiger partial charge in [0.25, 0.3) is 0 Å². The van der Waals surface area contributed by atoms with E-state index in [0.29, 0.717) is 16.0 Å². The largest absolute Gasteiger partial charge is 0.302 e. The van der Waals surface area contributed by atoms with E-state index in [1.807, 2.05) is 36.4 Å². The fraction of sp³-hybridized carbons (Fsp3) is 0.0625. The fourth-order valence-corrected chi connectivity index (χ4v) is 4.28. The van der Waals surface area contributed by atoms with Gasteiger partial charge in [-0.15, -0.1) is 0 Å². The van der Waals surface area contributed by atoms with E-state index in [1.54, 1.807) is 7.05 Å². The van der Waals surface area contributed by atoms with Crippen LogP contribution in [-0.2, 0) is 0 Å². The van der Waals surface area contributed by atoms with Crippen LogP contribution in [0.4, 0.5) is 10.3 Å². The molecule has 25 heavy (non-hydrogen) atoms. The first-order valence-electron chi connectivity index (χ1n) is 7.24. The highest BCUT2D eigenvalue weighted by molar-refractivity contribution is 7.23. The number of halogens is 2. The Morgan fingerprint density at radius 3 is 1.80 bits per heavy atom. The minimum absolute atomic E-state index is 0.565. The van der Waals surface area contributed by atoms with Crippen LogP contribution in [0.15, 0.2) is 41.4 Å². The molecule has 2 aromatic carbocycles. The Morgan fingerprint density at radius 1 is 0.880 bits per heavy atom. The second-order valence-corrected chi connectivity index (χ2v) is 8.02. The Morgan fingerprint density at radius 2 is 1.36 bits per heavy atom. The van der Waals surface area contributed by atoms with E-state index < -0.39 is 0 Å². The number of aromatic nitrogens is 2. The van der Waals surface area contributed by atoms with Crippen molar-refractivity contribution in [2.45, 2.75) is 0 Å². The Bertz CT molecular complexity index is 1020. The molecule has 4 aromatic rings. The first-order valence-corrected chi connectivity index (χ1v) is 9.62. The van der Waals surface area contributed by atoms with Gasteiger partial charge in [-0.05, 0) is 36.4 Å². The second kappa shape index (κ2) is 6.76. The molecule has 9 heteroatoms. The highest BCUT2D eigenvalue weighted by Gasteiger charge is 2.10. The van der Waals surface area contributed by atoms with E-state index in [0.717, 1.165) is 30.7 Å². The average molecular weight is 408 g/mol. The van der Waals surface area contributed by atoms with Gasteiger partial charge in [-0.25, -0.2) is 9.97 Å². The lowest BCUT2D eigenvalue weighted by atomic mass is 10.3. The molecular formula is C16H11Cl2N5S2. The molecule has 0 saturated carbocycles. The standard InChI is InChI=1S/C16H11Cl2N5S2/c1-19-14(22-15-20-10-6-8(17)2-4-12(10)24-15)23-16-21-11-7-9(18)3-5-13(11)25-16/h2-7H,1H3,(H2,19,20,21,22,23). The number of anilines is 2. The van der Waals surface area contributed by atoms with Gasteiger partial charge in [-0.3, -0.25) is 4.99 Å². The summed E-state index contributed by atoms with van der Waals surface area (Å²) in [6, 6.07) is 11.3. The number of nitrogens with one attached hydrogen (secondary N) is 2. The summed E-state index contributed by atoms with van der Waals surface area (Å²) in [6.07, 6.45) is 0. The van der Waals surface area contributed by atoms with Crippen LogP contribution in [0.2, 0.25) is 10.0 Å². The van der Waals surface area contributed by atoms with E-state index in [-0.39, 0.29) is 0 Å². The zero-order valence-corrected chi connectivity index (χ0v) is 16.0. The van der Waals surface area contributed by atoms with Crippen LogP contribution in [0.1, 0.15) is 0 Å². The van der Waals surface area contributed by atoms with Gasteiger partial charge in [0, 0.05) is 17.1 Å². The molecule has 126 valence electrons. The molecule has 5 nitrogen and oxygen atoms in total. The Labute approximate surface area is 161 Å². The highest BCUT2D eigenvalue weighted by Crippen LogP contribution is 2.30. The summed E-state index contributed by atoms with van der Waals surface area (Å²) in [5.41, 5.74) is 1.70. The third-order valence-electron chi connectivity index (χ3n) is 3.37. The molecule has 0 aliphatic heterocycles. The Kier molecular flexibility index (Phi) is 4.47. The molecule has 0 spiro atoms. The summed E-state index contributed by atoms with van der Waals surface area (Å²) < 4.78 is 2.11. The van der Waals surface area contributed by atoms with Crippen LogP contribution < -0.4 is 10.6 Å². The summed E-state index contributed by atoms with van der Waals surface area (Å²) in [5, 5.41) is 9.17. The van der Waals surface area contributed by atoms with Crippen molar-refractivity contribution < 1.29 is 0 Å². The maximum atomic E-state index is 6.01. The third-order valence-corrected chi connectivity index (χ3v) is 5.75. The van der Waals surface area contributed by atoms with Gasteiger partial charge in [0.1, 0.15) is 0 Å². The molecule has 0 aliphatic rings. The van der Waals surface area contributed by atoms with Gasteiger partial charge in [-0.2, -0.15) is 0 Å². The van der Waals surface area contributed by atoms with Crippen LogP contribution in [0.3, 0.4) is 0 Å². The van der Waals surface area contributed by atoms with Gasteiger partial charge in [0.05, 0.1) is 20.4 Å². The van der Waals surface area contributed by atoms with Gasteiger partial charge < -0.3 is 10.6 Å². The molecule has 0 fully saturated rings. The minimum Gasteiger partial charge on any atom is -0.302 e. The summed E-state index contributed by atoms with van der Waals surface area (Å²) in [5.74, 6) is 0.565. The lowest BCUT2D eigenvalue weighted by molar-refractivity contribution is 1.37. The van der Waals surface area contributed by atoms with Crippen molar-refractivity contribution in [2.24, 2.45) is 4.99 Å². The molecule has 0 bridgehead atoms. The van der Waals surface area contributed by atoms with Crippen molar-refractivity contribution in [1.82, 2.24) is 9.97 Å². The topological polar surface area (TPSA) is 62.2 Å². The monoisotopic (exact) mass is 407 g/mol. The molecule has 2 aromatic heterocycles. The second-order valence-electron chi connectivity index (χ2n) is 5.08. The zero-order chi connectivity index (χ0) is 17.4. The maximum absolute atomic E-state index is 6.01. The molecule has 0 saturated heterocycles. The van der Waals surface area contributed by atoms with Crippen molar-refractivity contribution in [3.63, 3.8) is 0 Å². The number of benzene rings is 2. The van der Waals surface area contributed by atoms with E-state index >= 15 is 0 Å². The molecule has 0 amide bonds. The summed E-state index contributed by atoms with van der Waals surface area (Å²) in [6.45, 7) is 0. The smallest absolute Gasteiger partial charge is 0.203 e. The van der Waals surface area contributed by atoms with E-state index in [9.17, 15) is 0 Å². The quantitative estimate of drug-likeness (QED) is 0.329. The lowest BCUT2D eigenvalue weighted by Crippen LogP contribution is -2.21. The normalized spacial score (nSPS) is 11.0. The van der Waals surface area contributed by atoms with E-state index in [1.165, 1.54) is 22.7 Å². The number of guanidine groups is 1. The number of hydrogen-bond donors (Lipinski definition) is 2. The van der Waals surface area contributed by atoms with Crippen LogP contribution in [-0.4, -0.2) is 23.0 Å². The van der Waals surface area contributed by atoms with Crippen molar-refractivity contribution in [3.8, 4) is 0 Å². The first-order chi connectivity index (χ1) is 12.1. The molecule has 0 unspecified atom stereocenters. The summed E-state index contributed by atoms with van der Waals surface area (Å²) in [7, 11) is 1.70. The number of fused-ring (bicyclic) bond motifs is 2. The van der Waals surface area contributed by atoms with E-state index in [4.69, 9.17) is 23.2 Å². The van der Waals surface area contributed by atoms with Gasteiger partial charge >= 0.3 is 0 Å². The minimum atomic E-state index is 0.565. The van der Waals surface area contributed by atoms with Crippen molar-refractivity contribution in [1.29, 1.82) is 0 Å². The Hall–Kier alpha value is -1.93.